The second-order valence-corrected chi connectivity index (χ2v) is 4.87. The van der Waals surface area contributed by atoms with Crippen LogP contribution in [0.5, 0.6) is 0 Å². The molecule has 2 atom stereocenters. The van der Waals surface area contributed by atoms with Gasteiger partial charge in [0.15, 0.2) is 5.82 Å². The molecule has 17 heavy (non-hydrogen) atoms. The number of pyridine rings is 1. The van der Waals surface area contributed by atoms with Crippen molar-refractivity contribution in [1.29, 1.82) is 0 Å². The number of anilines is 1. The zero-order valence-electron chi connectivity index (χ0n) is 9.74. The minimum absolute atomic E-state index is 0.0582. The van der Waals surface area contributed by atoms with Gasteiger partial charge in [0.25, 0.3) is 0 Å². The van der Waals surface area contributed by atoms with Gasteiger partial charge in [0.1, 0.15) is 0 Å². The van der Waals surface area contributed by atoms with E-state index in [1.165, 1.54) is 0 Å². The fraction of sp³-hybridized carbons (Fsp3) is 0.500. The summed E-state index contributed by atoms with van der Waals surface area (Å²) < 4.78 is 0. The number of nitrogens with one attached hydrogen (secondary N) is 2. The summed E-state index contributed by atoms with van der Waals surface area (Å²) in [4.78, 5) is 16.0. The lowest BCUT2D eigenvalue weighted by Crippen LogP contribution is -2.45. The maximum absolute atomic E-state index is 12.0. The lowest BCUT2D eigenvalue weighted by atomic mass is 9.94. The third-order valence-electron chi connectivity index (χ3n) is 2.98. The Balaban J connectivity index is 1.99. The Morgan fingerprint density at radius 1 is 1.65 bits per heavy atom. The summed E-state index contributed by atoms with van der Waals surface area (Å²) >= 11 is 5.94. The number of amides is 1. The normalized spacial score (nSPS) is 24.4. The Morgan fingerprint density at radius 2 is 2.47 bits per heavy atom. The summed E-state index contributed by atoms with van der Waals surface area (Å²) in [6.07, 6.45) is 3.59. The van der Waals surface area contributed by atoms with E-state index in [9.17, 15) is 4.79 Å². The largest absolute Gasteiger partial charge is 0.308 e. The SMILES string of the molecule is CC1CCNC(C(=O)Nc2ncccc2Cl)C1. The number of halogens is 1. The first-order valence-electron chi connectivity index (χ1n) is 5.81. The standard InChI is InChI=1S/C12H16ClN3O/c1-8-4-6-14-10(7-8)12(17)16-11-9(13)3-2-5-15-11/h2-3,5,8,10,14H,4,6-7H2,1H3,(H,15,16,17). The monoisotopic (exact) mass is 253 g/mol. The van der Waals surface area contributed by atoms with Gasteiger partial charge in [-0.15, -0.1) is 0 Å². The van der Waals surface area contributed by atoms with Crippen LogP contribution < -0.4 is 10.6 Å². The molecule has 2 N–H and O–H groups in total. The van der Waals surface area contributed by atoms with Crippen molar-refractivity contribution in [1.82, 2.24) is 10.3 Å². The molecule has 1 aromatic heterocycles. The van der Waals surface area contributed by atoms with Crippen LogP contribution in [0.25, 0.3) is 0 Å². The molecule has 1 saturated heterocycles. The molecule has 5 heteroatoms. The van der Waals surface area contributed by atoms with Gasteiger partial charge in [-0.3, -0.25) is 4.79 Å². The molecule has 2 rings (SSSR count). The van der Waals surface area contributed by atoms with Crippen LogP contribution in [-0.4, -0.2) is 23.5 Å². The number of carbonyl (C=O) groups is 1. The average Bonchev–Trinajstić information content (AvgIpc) is 2.32. The molecule has 1 fully saturated rings. The highest BCUT2D eigenvalue weighted by atomic mass is 35.5. The average molecular weight is 254 g/mol. The van der Waals surface area contributed by atoms with Crippen molar-refractivity contribution in [2.45, 2.75) is 25.8 Å². The molecular weight excluding hydrogens is 238 g/mol. The molecule has 0 saturated carbocycles. The third kappa shape index (κ3) is 3.17. The Bertz CT molecular complexity index is 410. The first-order valence-corrected chi connectivity index (χ1v) is 6.19. The van der Waals surface area contributed by atoms with Gasteiger partial charge in [0.2, 0.25) is 5.91 Å². The summed E-state index contributed by atoms with van der Waals surface area (Å²) in [5.41, 5.74) is 0. The molecule has 1 aliphatic rings. The third-order valence-corrected chi connectivity index (χ3v) is 3.29. The first-order chi connectivity index (χ1) is 8.16. The highest BCUT2D eigenvalue weighted by molar-refractivity contribution is 6.33. The number of hydrogen-bond acceptors (Lipinski definition) is 3. The summed E-state index contributed by atoms with van der Waals surface area (Å²) in [7, 11) is 0. The molecule has 1 aromatic rings. The summed E-state index contributed by atoms with van der Waals surface area (Å²) in [6.45, 7) is 3.05. The molecule has 2 heterocycles. The van der Waals surface area contributed by atoms with Gasteiger partial charge in [0.05, 0.1) is 11.1 Å². The van der Waals surface area contributed by atoms with E-state index in [0.717, 1.165) is 19.4 Å². The lowest BCUT2D eigenvalue weighted by Gasteiger charge is -2.27. The van der Waals surface area contributed by atoms with Crippen LogP contribution in [-0.2, 0) is 4.79 Å². The van der Waals surface area contributed by atoms with Crippen LogP contribution in [0.2, 0.25) is 5.02 Å². The van der Waals surface area contributed by atoms with E-state index < -0.39 is 0 Å². The second kappa shape index (κ2) is 5.47. The van der Waals surface area contributed by atoms with Gasteiger partial charge < -0.3 is 10.6 Å². The molecule has 0 aromatic carbocycles. The van der Waals surface area contributed by atoms with Gasteiger partial charge in [-0.05, 0) is 37.4 Å². The fourth-order valence-corrected chi connectivity index (χ4v) is 2.16. The number of nitrogens with zero attached hydrogens (tertiary/aromatic N) is 1. The minimum Gasteiger partial charge on any atom is -0.308 e. The highest BCUT2D eigenvalue weighted by Gasteiger charge is 2.24. The molecule has 2 unspecified atom stereocenters. The van der Waals surface area contributed by atoms with E-state index in [0.29, 0.717) is 16.8 Å². The number of rotatable bonds is 2. The van der Waals surface area contributed by atoms with Gasteiger partial charge in [-0.2, -0.15) is 0 Å². The van der Waals surface area contributed by atoms with Crippen molar-refractivity contribution in [2.24, 2.45) is 5.92 Å². The van der Waals surface area contributed by atoms with E-state index in [1.54, 1.807) is 18.3 Å². The quantitative estimate of drug-likeness (QED) is 0.848. The predicted molar refractivity (Wildman–Crippen MR) is 68.1 cm³/mol. The van der Waals surface area contributed by atoms with Crippen LogP contribution in [0.1, 0.15) is 19.8 Å². The molecule has 92 valence electrons. The number of piperidine rings is 1. The van der Waals surface area contributed by atoms with E-state index in [1.807, 2.05) is 0 Å². The maximum atomic E-state index is 12.0. The Morgan fingerprint density at radius 3 is 3.18 bits per heavy atom. The van der Waals surface area contributed by atoms with Gasteiger partial charge in [-0.25, -0.2) is 4.98 Å². The number of aromatic nitrogens is 1. The molecular formula is C12H16ClN3O. The van der Waals surface area contributed by atoms with Crippen molar-refractivity contribution in [2.75, 3.05) is 11.9 Å². The second-order valence-electron chi connectivity index (χ2n) is 4.46. The number of carbonyl (C=O) groups excluding carboxylic acids is 1. The summed E-state index contributed by atoms with van der Waals surface area (Å²) in [6, 6.07) is 3.30. The van der Waals surface area contributed by atoms with Crippen LogP contribution in [0, 0.1) is 5.92 Å². The molecule has 0 bridgehead atoms. The molecule has 0 aliphatic carbocycles. The van der Waals surface area contributed by atoms with Crippen molar-refractivity contribution in [3.05, 3.63) is 23.4 Å². The molecule has 0 radical (unpaired) electrons. The zero-order valence-corrected chi connectivity index (χ0v) is 10.5. The first kappa shape index (κ1) is 12.3. The molecule has 1 amide bonds. The van der Waals surface area contributed by atoms with E-state index >= 15 is 0 Å². The van der Waals surface area contributed by atoms with E-state index in [-0.39, 0.29) is 11.9 Å². The summed E-state index contributed by atoms with van der Waals surface area (Å²) in [5, 5.41) is 6.42. The topological polar surface area (TPSA) is 54.0 Å². The van der Waals surface area contributed by atoms with Gasteiger partial charge in [0, 0.05) is 6.20 Å². The number of hydrogen-bond donors (Lipinski definition) is 2. The van der Waals surface area contributed by atoms with E-state index in [2.05, 4.69) is 22.5 Å². The maximum Gasteiger partial charge on any atom is 0.242 e. The van der Waals surface area contributed by atoms with Crippen LogP contribution >= 0.6 is 11.6 Å². The van der Waals surface area contributed by atoms with Crippen molar-refractivity contribution in [3.8, 4) is 0 Å². The highest BCUT2D eigenvalue weighted by Crippen LogP contribution is 2.20. The van der Waals surface area contributed by atoms with Crippen molar-refractivity contribution >= 4 is 23.3 Å². The fourth-order valence-electron chi connectivity index (χ4n) is 1.99. The molecule has 4 nitrogen and oxygen atoms in total. The predicted octanol–water partition coefficient (Wildman–Crippen LogP) is 2.06. The van der Waals surface area contributed by atoms with Crippen LogP contribution in [0.15, 0.2) is 18.3 Å². The Hall–Kier alpha value is -1.13. The Kier molecular flexibility index (Phi) is 3.97. The van der Waals surface area contributed by atoms with Crippen molar-refractivity contribution in [3.63, 3.8) is 0 Å². The van der Waals surface area contributed by atoms with Gasteiger partial charge >= 0.3 is 0 Å². The van der Waals surface area contributed by atoms with Gasteiger partial charge in [-0.1, -0.05) is 18.5 Å². The Labute approximate surface area is 106 Å². The zero-order chi connectivity index (χ0) is 12.3. The lowest BCUT2D eigenvalue weighted by molar-refractivity contribution is -0.119. The minimum atomic E-state index is -0.142. The van der Waals surface area contributed by atoms with Crippen LogP contribution in [0.4, 0.5) is 5.82 Å². The van der Waals surface area contributed by atoms with E-state index in [4.69, 9.17) is 11.6 Å². The summed E-state index contributed by atoms with van der Waals surface area (Å²) in [5.74, 6) is 0.947. The smallest absolute Gasteiger partial charge is 0.242 e. The van der Waals surface area contributed by atoms with Crippen molar-refractivity contribution < 1.29 is 4.79 Å². The van der Waals surface area contributed by atoms with Crippen LogP contribution in [0.3, 0.4) is 0 Å². The molecule has 0 spiro atoms. The molecule has 1 aliphatic heterocycles.